The van der Waals surface area contributed by atoms with Crippen molar-refractivity contribution in [1.29, 1.82) is 0 Å². The van der Waals surface area contributed by atoms with Crippen LogP contribution in [0, 0.1) is 6.92 Å². The summed E-state index contributed by atoms with van der Waals surface area (Å²) < 4.78 is 0. The van der Waals surface area contributed by atoms with Gasteiger partial charge in [0.05, 0.1) is 0 Å². The highest BCUT2D eigenvalue weighted by Crippen LogP contribution is 2.36. The van der Waals surface area contributed by atoms with E-state index in [1.807, 2.05) is 0 Å². The molecule has 0 radical (unpaired) electrons. The van der Waals surface area contributed by atoms with Gasteiger partial charge in [-0.05, 0) is 30.9 Å². The monoisotopic (exact) mass is 216 g/mol. The van der Waals surface area contributed by atoms with Crippen molar-refractivity contribution in [2.24, 2.45) is 0 Å². The molecule has 3 rings (SSSR count). The van der Waals surface area contributed by atoms with E-state index >= 15 is 0 Å². The predicted molar refractivity (Wildman–Crippen MR) is 66.7 cm³/mol. The molecule has 1 atom stereocenters. The Kier molecular flexibility index (Phi) is 2.70. The summed E-state index contributed by atoms with van der Waals surface area (Å²) in [4.78, 5) is 2.65. The Morgan fingerprint density at radius 2 is 2.06 bits per heavy atom. The van der Waals surface area contributed by atoms with Gasteiger partial charge in [-0.15, -0.1) is 0 Å². The van der Waals surface area contributed by atoms with Crippen molar-refractivity contribution in [1.82, 2.24) is 10.2 Å². The Morgan fingerprint density at radius 3 is 2.88 bits per heavy atom. The Morgan fingerprint density at radius 1 is 1.25 bits per heavy atom. The third-order valence-electron chi connectivity index (χ3n) is 3.94. The smallest absolute Gasteiger partial charge is 0.0355 e. The molecule has 1 aliphatic carbocycles. The van der Waals surface area contributed by atoms with Gasteiger partial charge in [-0.2, -0.15) is 0 Å². The Balaban J connectivity index is 1.86. The molecule has 1 aromatic carbocycles. The highest BCUT2D eigenvalue weighted by atomic mass is 15.2. The molecule has 0 spiro atoms. The lowest BCUT2D eigenvalue weighted by molar-refractivity contribution is 0.173. The molecule has 86 valence electrons. The minimum absolute atomic E-state index is 0.692. The Hall–Kier alpha value is -0.860. The molecule has 0 amide bonds. The van der Waals surface area contributed by atoms with E-state index in [-0.39, 0.29) is 0 Å². The van der Waals surface area contributed by atoms with Crippen molar-refractivity contribution >= 4 is 0 Å². The number of benzene rings is 1. The molecule has 1 aliphatic heterocycles. The number of piperazine rings is 1. The van der Waals surface area contributed by atoms with E-state index in [1.54, 1.807) is 11.1 Å². The maximum absolute atomic E-state index is 3.43. The molecule has 1 N–H and O–H groups in total. The van der Waals surface area contributed by atoms with Gasteiger partial charge in [0.25, 0.3) is 0 Å². The van der Waals surface area contributed by atoms with E-state index in [1.165, 1.54) is 31.5 Å². The van der Waals surface area contributed by atoms with Crippen LogP contribution in [-0.2, 0) is 6.42 Å². The first-order valence-corrected chi connectivity index (χ1v) is 6.39. The van der Waals surface area contributed by atoms with E-state index < -0.39 is 0 Å². The second-order valence-electron chi connectivity index (χ2n) is 5.04. The Labute approximate surface area is 97.6 Å². The summed E-state index contributed by atoms with van der Waals surface area (Å²) in [6.07, 6.45) is 2.59. The fourth-order valence-corrected chi connectivity index (χ4v) is 3.07. The molecule has 0 saturated carbocycles. The molecule has 2 heteroatoms. The summed E-state index contributed by atoms with van der Waals surface area (Å²) in [5.74, 6) is 0. The quantitative estimate of drug-likeness (QED) is 0.771. The number of nitrogens with zero attached hydrogens (tertiary/aromatic N) is 1. The highest BCUT2D eigenvalue weighted by molar-refractivity contribution is 5.37. The van der Waals surface area contributed by atoms with Crippen LogP contribution in [-0.4, -0.2) is 31.1 Å². The maximum Gasteiger partial charge on any atom is 0.0355 e. The molecule has 1 fully saturated rings. The first-order valence-electron chi connectivity index (χ1n) is 6.39. The summed E-state index contributed by atoms with van der Waals surface area (Å²) in [5, 5.41) is 3.43. The van der Waals surface area contributed by atoms with Gasteiger partial charge in [0.1, 0.15) is 0 Å². The van der Waals surface area contributed by atoms with Crippen molar-refractivity contribution in [3.63, 3.8) is 0 Å². The van der Waals surface area contributed by atoms with Gasteiger partial charge in [-0.3, -0.25) is 4.90 Å². The lowest BCUT2D eigenvalue weighted by atomic mass is 10.0. The number of aryl methyl sites for hydroxylation is 2. The SMILES string of the molecule is Cc1ccc2c(c1)C(N1CCNCC1)CC2. The van der Waals surface area contributed by atoms with E-state index in [9.17, 15) is 0 Å². The number of hydrogen-bond donors (Lipinski definition) is 1. The van der Waals surface area contributed by atoms with Crippen LogP contribution in [0.5, 0.6) is 0 Å². The molecule has 16 heavy (non-hydrogen) atoms. The Bertz CT molecular complexity index is 380. The zero-order valence-electron chi connectivity index (χ0n) is 10.00. The number of hydrogen-bond acceptors (Lipinski definition) is 2. The molecule has 1 aromatic rings. The summed E-state index contributed by atoms with van der Waals surface area (Å²) in [5.41, 5.74) is 4.58. The molecule has 1 saturated heterocycles. The molecule has 0 aromatic heterocycles. The van der Waals surface area contributed by atoms with Crippen LogP contribution >= 0.6 is 0 Å². The van der Waals surface area contributed by atoms with E-state index in [0.29, 0.717) is 6.04 Å². The third-order valence-corrected chi connectivity index (χ3v) is 3.94. The van der Waals surface area contributed by atoms with Crippen molar-refractivity contribution in [2.75, 3.05) is 26.2 Å². The van der Waals surface area contributed by atoms with Crippen molar-refractivity contribution in [3.05, 3.63) is 34.9 Å². The molecule has 0 bridgehead atoms. The van der Waals surface area contributed by atoms with Gasteiger partial charge in [0, 0.05) is 32.2 Å². The first kappa shape index (κ1) is 10.3. The number of rotatable bonds is 1. The van der Waals surface area contributed by atoms with Gasteiger partial charge in [-0.1, -0.05) is 23.8 Å². The average molecular weight is 216 g/mol. The van der Waals surface area contributed by atoms with Crippen LogP contribution in [0.1, 0.15) is 29.2 Å². The fourth-order valence-electron chi connectivity index (χ4n) is 3.07. The van der Waals surface area contributed by atoms with Crippen LogP contribution in [0.25, 0.3) is 0 Å². The van der Waals surface area contributed by atoms with Gasteiger partial charge < -0.3 is 5.32 Å². The van der Waals surface area contributed by atoms with Gasteiger partial charge in [0.15, 0.2) is 0 Å². The molecular weight excluding hydrogens is 196 g/mol. The van der Waals surface area contributed by atoms with Gasteiger partial charge in [-0.25, -0.2) is 0 Å². The second kappa shape index (κ2) is 4.19. The van der Waals surface area contributed by atoms with E-state index in [0.717, 1.165) is 13.1 Å². The normalized spacial score (nSPS) is 25.7. The maximum atomic E-state index is 3.43. The largest absolute Gasteiger partial charge is 0.314 e. The van der Waals surface area contributed by atoms with E-state index in [2.05, 4.69) is 35.3 Å². The highest BCUT2D eigenvalue weighted by Gasteiger charge is 2.28. The molecule has 1 heterocycles. The summed E-state index contributed by atoms with van der Waals surface area (Å²) >= 11 is 0. The zero-order valence-corrected chi connectivity index (χ0v) is 10.00. The fraction of sp³-hybridized carbons (Fsp3) is 0.571. The minimum atomic E-state index is 0.692. The van der Waals surface area contributed by atoms with Crippen molar-refractivity contribution in [3.8, 4) is 0 Å². The first-order chi connectivity index (χ1) is 7.84. The van der Waals surface area contributed by atoms with Crippen LogP contribution in [0.2, 0.25) is 0 Å². The predicted octanol–water partition coefficient (Wildman–Crippen LogP) is 1.89. The molecule has 1 unspecified atom stereocenters. The van der Waals surface area contributed by atoms with Crippen LogP contribution in [0.4, 0.5) is 0 Å². The van der Waals surface area contributed by atoms with Gasteiger partial charge >= 0.3 is 0 Å². The molecular formula is C14H20N2. The molecule has 2 nitrogen and oxygen atoms in total. The second-order valence-corrected chi connectivity index (χ2v) is 5.04. The third kappa shape index (κ3) is 1.76. The zero-order chi connectivity index (χ0) is 11.0. The van der Waals surface area contributed by atoms with Crippen LogP contribution in [0.15, 0.2) is 18.2 Å². The average Bonchev–Trinajstić information content (AvgIpc) is 2.73. The lowest BCUT2D eigenvalue weighted by Crippen LogP contribution is -2.44. The topological polar surface area (TPSA) is 15.3 Å². The molecule has 2 aliphatic rings. The van der Waals surface area contributed by atoms with Crippen molar-refractivity contribution in [2.45, 2.75) is 25.8 Å². The van der Waals surface area contributed by atoms with Crippen molar-refractivity contribution < 1.29 is 0 Å². The summed E-state index contributed by atoms with van der Waals surface area (Å²) in [6, 6.07) is 7.66. The van der Waals surface area contributed by atoms with Gasteiger partial charge in [0.2, 0.25) is 0 Å². The minimum Gasteiger partial charge on any atom is -0.314 e. The lowest BCUT2D eigenvalue weighted by Gasteiger charge is -2.33. The van der Waals surface area contributed by atoms with E-state index in [4.69, 9.17) is 0 Å². The van der Waals surface area contributed by atoms with Crippen LogP contribution < -0.4 is 5.32 Å². The summed E-state index contributed by atoms with van der Waals surface area (Å²) in [7, 11) is 0. The van der Waals surface area contributed by atoms with Crippen LogP contribution in [0.3, 0.4) is 0 Å². The standard InChI is InChI=1S/C14H20N2/c1-11-2-3-12-4-5-14(13(12)10-11)16-8-6-15-7-9-16/h2-3,10,14-15H,4-9H2,1H3. The summed E-state index contributed by atoms with van der Waals surface area (Å²) in [6.45, 7) is 6.92. The number of fused-ring (bicyclic) bond motifs is 1. The number of nitrogens with one attached hydrogen (secondary N) is 1.